The summed E-state index contributed by atoms with van der Waals surface area (Å²) in [5.74, 6) is 1.12. The van der Waals surface area contributed by atoms with Crippen molar-refractivity contribution in [3.63, 3.8) is 0 Å². The highest BCUT2D eigenvalue weighted by Crippen LogP contribution is 2.14. The first kappa shape index (κ1) is 13.6. The van der Waals surface area contributed by atoms with Crippen LogP contribution in [0.25, 0.3) is 0 Å². The first-order chi connectivity index (χ1) is 9.06. The second-order valence-electron chi connectivity index (χ2n) is 4.62. The molecule has 100 valence electrons. The lowest BCUT2D eigenvalue weighted by atomic mass is 10.2. The maximum Gasteiger partial charge on any atom is 0.244 e. The molecule has 1 heterocycles. The van der Waals surface area contributed by atoms with Gasteiger partial charge in [-0.2, -0.15) is 0 Å². The fourth-order valence-corrected chi connectivity index (χ4v) is 1.97. The Morgan fingerprint density at radius 2 is 2.05 bits per heavy atom. The Bertz CT molecular complexity index is 560. The smallest absolute Gasteiger partial charge is 0.244 e. The van der Waals surface area contributed by atoms with Crippen LogP contribution in [0.15, 0.2) is 36.7 Å². The van der Waals surface area contributed by atoms with Crippen LogP contribution in [0, 0.1) is 0 Å². The summed E-state index contributed by atoms with van der Waals surface area (Å²) in [6, 6.07) is 7.04. The van der Waals surface area contributed by atoms with E-state index in [0.717, 1.165) is 11.5 Å². The number of halogens is 1. The Morgan fingerprint density at radius 1 is 1.37 bits per heavy atom. The number of hydrogen-bond donors (Lipinski definition) is 1. The molecule has 0 aliphatic carbocycles. The summed E-state index contributed by atoms with van der Waals surface area (Å²) < 4.78 is 1.86. The van der Waals surface area contributed by atoms with Crippen molar-refractivity contribution in [2.45, 2.75) is 26.3 Å². The predicted octanol–water partition coefficient (Wildman–Crippen LogP) is 3.30. The summed E-state index contributed by atoms with van der Waals surface area (Å²) in [6.45, 7) is 4.36. The van der Waals surface area contributed by atoms with Gasteiger partial charge in [0.15, 0.2) is 0 Å². The molecule has 0 bridgehead atoms. The monoisotopic (exact) mass is 277 g/mol. The van der Waals surface area contributed by atoms with Gasteiger partial charge in [-0.15, -0.1) is 0 Å². The molecule has 0 fully saturated rings. The van der Waals surface area contributed by atoms with E-state index < -0.39 is 0 Å². The molecule has 1 amide bonds. The lowest BCUT2D eigenvalue weighted by molar-refractivity contribution is -0.116. The van der Waals surface area contributed by atoms with Crippen LogP contribution < -0.4 is 5.32 Å². The number of aromatic nitrogens is 2. The van der Waals surface area contributed by atoms with Gasteiger partial charge in [0, 0.05) is 29.0 Å². The van der Waals surface area contributed by atoms with Gasteiger partial charge in [0.1, 0.15) is 12.4 Å². The number of nitrogens with zero attached hydrogens (tertiary/aromatic N) is 2. The van der Waals surface area contributed by atoms with Gasteiger partial charge < -0.3 is 9.88 Å². The number of carbonyl (C=O) groups excluding carboxylic acids is 1. The minimum atomic E-state index is -0.0813. The Kier molecular flexibility index (Phi) is 4.22. The second-order valence-corrected chi connectivity index (χ2v) is 5.06. The third-order valence-electron chi connectivity index (χ3n) is 2.71. The third-order valence-corrected chi connectivity index (χ3v) is 2.96. The summed E-state index contributed by atoms with van der Waals surface area (Å²) in [5.41, 5.74) is 0.737. The topological polar surface area (TPSA) is 46.9 Å². The number of anilines is 1. The number of rotatable bonds is 4. The van der Waals surface area contributed by atoms with E-state index in [0.29, 0.717) is 10.9 Å². The van der Waals surface area contributed by atoms with Crippen LogP contribution in [-0.2, 0) is 11.3 Å². The minimum Gasteiger partial charge on any atom is -0.325 e. The van der Waals surface area contributed by atoms with Crippen LogP contribution in [0.3, 0.4) is 0 Å². The lowest BCUT2D eigenvalue weighted by Crippen LogP contribution is -2.20. The van der Waals surface area contributed by atoms with Crippen LogP contribution >= 0.6 is 11.6 Å². The molecule has 0 aliphatic heterocycles. The quantitative estimate of drug-likeness (QED) is 0.932. The molecule has 0 atom stereocenters. The third kappa shape index (κ3) is 3.58. The van der Waals surface area contributed by atoms with Gasteiger partial charge >= 0.3 is 0 Å². The fourth-order valence-electron chi connectivity index (χ4n) is 1.84. The molecule has 0 aliphatic rings. The zero-order valence-corrected chi connectivity index (χ0v) is 11.7. The van der Waals surface area contributed by atoms with Crippen LogP contribution in [0.1, 0.15) is 25.6 Å². The molecule has 4 nitrogen and oxygen atoms in total. The highest BCUT2D eigenvalue weighted by atomic mass is 35.5. The van der Waals surface area contributed by atoms with E-state index in [4.69, 9.17) is 11.6 Å². The van der Waals surface area contributed by atoms with E-state index in [1.807, 2.05) is 10.8 Å². The van der Waals surface area contributed by atoms with Gasteiger partial charge in [-0.3, -0.25) is 4.79 Å². The summed E-state index contributed by atoms with van der Waals surface area (Å²) in [4.78, 5) is 16.2. The van der Waals surface area contributed by atoms with Crippen molar-refractivity contribution in [3.8, 4) is 0 Å². The zero-order valence-electron chi connectivity index (χ0n) is 10.9. The van der Waals surface area contributed by atoms with E-state index in [1.165, 1.54) is 0 Å². The molecule has 1 aromatic heterocycles. The Morgan fingerprint density at radius 3 is 2.68 bits per heavy atom. The van der Waals surface area contributed by atoms with Crippen molar-refractivity contribution >= 4 is 23.2 Å². The first-order valence-electron chi connectivity index (χ1n) is 6.12. The Balaban J connectivity index is 2.01. The maximum atomic E-state index is 11.9. The maximum absolute atomic E-state index is 11.9. The molecule has 19 heavy (non-hydrogen) atoms. The summed E-state index contributed by atoms with van der Waals surface area (Å²) in [6.07, 6.45) is 3.53. The molecule has 2 aromatic rings. The standard InChI is InChI=1S/C14H16ClN3O/c1-10(2)14-16-7-8-18(14)9-13(19)17-12-5-3-11(15)4-6-12/h3-8,10H,9H2,1-2H3,(H,17,19). The van der Waals surface area contributed by atoms with Crippen LogP contribution in [-0.4, -0.2) is 15.5 Å². The van der Waals surface area contributed by atoms with Crippen LogP contribution in [0.5, 0.6) is 0 Å². The highest BCUT2D eigenvalue weighted by molar-refractivity contribution is 6.30. The van der Waals surface area contributed by atoms with E-state index in [1.54, 1.807) is 30.5 Å². The molecule has 0 radical (unpaired) electrons. The first-order valence-corrected chi connectivity index (χ1v) is 6.50. The number of amides is 1. The normalized spacial score (nSPS) is 10.7. The number of hydrogen-bond acceptors (Lipinski definition) is 2. The van der Waals surface area contributed by atoms with E-state index in [-0.39, 0.29) is 12.5 Å². The van der Waals surface area contributed by atoms with E-state index in [9.17, 15) is 4.79 Å². The van der Waals surface area contributed by atoms with Gasteiger partial charge in [-0.05, 0) is 24.3 Å². The SMILES string of the molecule is CC(C)c1nccn1CC(=O)Nc1ccc(Cl)cc1. The van der Waals surface area contributed by atoms with Gasteiger partial charge in [-0.1, -0.05) is 25.4 Å². The minimum absolute atomic E-state index is 0.0813. The molecule has 1 N–H and O–H groups in total. The van der Waals surface area contributed by atoms with Crippen molar-refractivity contribution in [1.29, 1.82) is 0 Å². The second kappa shape index (κ2) is 5.89. The zero-order chi connectivity index (χ0) is 13.8. The fraction of sp³-hybridized carbons (Fsp3) is 0.286. The largest absolute Gasteiger partial charge is 0.325 e. The van der Waals surface area contributed by atoms with E-state index >= 15 is 0 Å². The molecule has 0 saturated heterocycles. The van der Waals surface area contributed by atoms with Crippen LogP contribution in [0.2, 0.25) is 5.02 Å². The average molecular weight is 278 g/mol. The highest BCUT2D eigenvalue weighted by Gasteiger charge is 2.10. The molecule has 1 aromatic carbocycles. The van der Waals surface area contributed by atoms with Crippen molar-refractivity contribution in [1.82, 2.24) is 9.55 Å². The van der Waals surface area contributed by atoms with Gasteiger partial charge in [-0.25, -0.2) is 4.98 Å². The Labute approximate surface area is 117 Å². The molecule has 0 unspecified atom stereocenters. The Hall–Kier alpha value is -1.81. The summed E-state index contributed by atoms with van der Waals surface area (Å²) in [5, 5.41) is 3.48. The van der Waals surface area contributed by atoms with Crippen molar-refractivity contribution in [3.05, 3.63) is 47.5 Å². The van der Waals surface area contributed by atoms with Crippen molar-refractivity contribution in [2.24, 2.45) is 0 Å². The molecular weight excluding hydrogens is 262 g/mol. The van der Waals surface area contributed by atoms with Crippen LogP contribution in [0.4, 0.5) is 5.69 Å². The summed E-state index contributed by atoms with van der Waals surface area (Å²) >= 11 is 5.79. The summed E-state index contributed by atoms with van der Waals surface area (Å²) in [7, 11) is 0. The molecule has 0 saturated carbocycles. The molecule has 5 heteroatoms. The van der Waals surface area contributed by atoms with Gasteiger partial charge in [0.2, 0.25) is 5.91 Å². The number of nitrogens with one attached hydrogen (secondary N) is 1. The predicted molar refractivity (Wildman–Crippen MR) is 76.4 cm³/mol. The number of imidazole rings is 1. The van der Waals surface area contributed by atoms with Gasteiger partial charge in [0.05, 0.1) is 0 Å². The van der Waals surface area contributed by atoms with Crippen molar-refractivity contribution < 1.29 is 4.79 Å². The average Bonchev–Trinajstić information content (AvgIpc) is 2.80. The molecule has 0 spiro atoms. The van der Waals surface area contributed by atoms with Crippen molar-refractivity contribution in [2.75, 3.05) is 5.32 Å². The molecular formula is C14H16ClN3O. The number of benzene rings is 1. The number of carbonyl (C=O) groups is 1. The van der Waals surface area contributed by atoms with E-state index in [2.05, 4.69) is 24.1 Å². The lowest BCUT2D eigenvalue weighted by Gasteiger charge is -2.10. The van der Waals surface area contributed by atoms with Gasteiger partial charge in [0.25, 0.3) is 0 Å². The molecule has 2 rings (SSSR count).